The number of hydrogen-bond donors (Lipinski definition) is 1. The fraction of sp³-hybridized carbons (Fsp3) is 0.350. The van der Waals surface area contributed by atoms with E-state index >= 15 is 0 Å². The Hall–Kier alpha value is -2.16. The molecule has 0 saturated heterocycles. The molecule has 2 aromatic rings. The Labute approximate surface area is 138 Å². The van der Waals surface area contributed by atoms with E-state index in [0.29, 0.717) is 5.92 Å². The largest absolute Gasteiger partial charge is 0.369 e. The molecule has 3 heteroatoms. The first-order valence-corrected chi connectivity index (χ1v) is 7.99. The summed E-state index contributed by atoms with van der Waals surface area (Å²) in [5.74, 6) is 0.148. The fourth-order valence-corrected chi connectivity index (χ4v) is 2.86. The van der Waals surface area contributed by atoms with Gasteiger partial charge < -0.3 is 5.73 Å². The van der Waals surface area contributed by atoms with Crippen molar-refractivity contribution in [3.8, 4) is 11.1 Å². The summed E-state index contributed by atoms with van der Waals surface area (Å²) >= 11 is 0. The van der Waals surface area contributed by atoms with Crippen molar-refractivity contribution in [2.24, 2.45) is 11.7 Å². The average Bonchev–Trinajstić information content (AvgIpc) is 2.45. The van der Waals surface area contributed by atoms with Gasteiger partial charge in [-0.3, -0.25) is 9.78 Å². The van der Waals surface area contributed by atoms with Crippen LogP contribution in [0.4, 0.5) is 0 Å². The van der Waals surface area contributed by atoms with Crippen molar-refractivity contribution in [3.63, 3.8) is 0 Å². The molecule has 1 aromatic carbocycles. The minimum absolute atomic E-state index is 0.187. The molecular formula is C20H25N2O. The molecule has 2 N–H and O–H groups in total. The molecule has 1 radical (unpaired) electrons. The monoisotopic (exact) mass is 309 g/mol. The topological polar surface area (TPSA) is 56.0 Å². The number of aryl methyl sites for hydroxylation is 2. The molecule has 0 aliphatic heterocycles. The van der Waals surface area contributed by atoms with Crippen LogP contribution < -0.4 is 5.73 Å². The molecule has 1 amide bonds. The highest BCUT2D eigenvalue weighted by atomic mass is 16.1. The standard InChI is InChI=1S/C20H25N2O/c1-12(2)10-18-14(4)20(16-8-6-13(3)7-9-16)17(11-19(21)23)15(5)22-18/h6-9,12H,4,10-11H2,1-3,5H3,(H2,21,23). The van der Waals surface area contributed by atoms with Gasteiger partial charge in [0.25, 0.3) is 0 Å². The molecule has 0 unspecified atom stereocenters. The van der Waals surface area contributed by atoms with Crippen LogP contribution in [0, 0.1) is 26.7 Å². The number of hydrogen-bond acceptors (Lipinski definition) is 2. The van der Waals surface area contributed by atoms with E-state index in [4.69, 9.17) is 10.7 Å². The third kappa shape index (κ3) is 3.98. The normalized spacial score (nSPS) is 11.0. The van der Waals surface area contributed by atoms with E-state index in [9.17, 15) is 4.79 Å². The molecule has 0 bridgehead atoms. The van der Waals surface area contributed by atoms with Gasteiger partial charge >= 0.3 is 0 Å². The van der Waals surface area contributed by atoms with Gasteiger partial charge in [0.05, 0.1) is 6.42 Å². The molecule has 121 valence electrons. The summed E-state index contributed by atoms with van der Waals surface area (Å²) in [6.45, 7) is 12.6. The summed E-state index contributed by atoms with van der Waals surface area (Å²) in [6, 6.07) is 8.28. The Kier molecular flexibility index (Phi) is 5.19. The van der Waals surface area contributed by atoms with Gasteiger partial charge in [0.2, 0.25) is 5.91 Å². The molecular weight excluding hydrogens is 284 g/mol. The smallest absolute Gasteiger partial charge is 0.221 e. The highest BCUT2D eigenvalue weighted by Gasteiger charge is 2.18. The lowest BCUT2D eigenvalue weighted by Crippen LogP contribution is -2.17. The minimum Gasteiger partial charge on any atom is -0.369 e. The zero-order valence-corrected chi connectivity index (χ0v) is 14.4. The molecule has 3 nitrogen and oxygen atoms in total. The van der Waals surface area contributed by atoms with Crippen molar-refractivity contribution >= 4 is 5.91 Å². The lowest BCUT2D eigenvalue weighted by Gasteiger charge is -2.19. The molecule has 0 spiro atoms. The maximum absolute atomic E-state index is 11.5. The number of carbonyl (C=O) groups excluding carboxylic acids is 1. The Morgan fingerprint density at radius 1 is 1.22 bits per heavy atom. The van der Waals surface area contributed by atoms with Crippen LogP contribution in [0.5, 0.6) is 0 Å². The number of rotatable bonds is 5. The number of carbonyl (C=O) groups is 1. The summed E-state index contributed by atoms with van der Waals surface area (Å²) < 4.78 is 0. The van der Waals surface area contributed by atoms with E-state index in [1.807, 2.05) is 6.92 Å². The lowest BCUT2D eigenvalue weighted by atomic mass is 9.89. The van der Waals surface area contributed by atoms with Crippen LogP contribution in [-0.4, -0.2) is 10.9 Å². The van der Waals surface area contributed by atoms with Crippen molar-refractivity contribution < 1.29 is 4.79 Å². The van der Waals surface area contributed by atoms with Gasteiger partial charge in [0.15, 0.2) is 0 Å². The Morgan fingerprint density at radius 2 is 1.83 bits per heavy atom. The number of nitrogens with two attached hydrogens (primary N) is 1. The Bertz CT molecular complexity index is 715. The number of nitrogens with zero attached hydrogens (tertiary/aromatic N) is 1. The average molecular weight is 309 g/mol. The minimum atomic E-state index is -0.348. The Balaban J connectivity index is 2.69. The van der Waals surface area contributed by atoms with Gasteiger partial charge in [0, 0.05) is 11.4 Å². The third-order valence-electron chi connectivity index (χ3n) is 3.98. The van der Waals surface area contributed by atoms with Crippen LogP contribution in [-0.2, 0) is 17.6 Å². The molecule has 0 fully saturated rings. The number of amides is 1. The zero-order chi connectivity index (χ0) is 17.1. The Morgan fingerprint density at radius 3 is 2.35 bits per heavy atom. The number of pyridine rings is 1. The summed E-state index contributed by atoms with van der Waals surface area (Å²) in [6.07, 6.45) is 1.06. The third-order valence-corrected chi connectivity index (χ3v) is 3.98. The van der Waals surface area contributed by atoms with Crippen molar-refractivity contribution in [1.82, 2.24) is 4.98 Å². The van der Waals surface area contributed by atoms with Gasteiger partial charge in [-0.15, -0.1) is 0 Å². The predicted octanol–water partition coefficient (Wildman–Crippen LogP) is 3.77. The van der Waals surface area contributed by atoms with Crippen LogP contribution in [0.15, 0.2) is 24.3 Å². The maximum atomic E-state index is 11.5. The number of aromatic nitrogens is 1. The van der Waals surface area contributed by atoms with Gasteiger partial charge in [-0.25, -0.2) is 0 Å². The van der Waals surface area contributed by atoms with Crippen LogP contribution in [0.2, 0.25) is 0 Å². The number of primary amides is 1. The lowest BCUT2D eigenvalue weighted by molar-refractivity contribution is -0.117. The van der Waals surface area contributed by atoms with Crippen molar-refractivity contribution in [2.45, 2.75) is 40.5 Å². The molecule has 2 rings (SSSR count). The molecule has 0 saturated carbocycles. The maximum Gasteiger partial charge on any atom is 0.221 e. The van der Waals surface area contributed by atoms with Crippen LogP contribution >= 0.6 is 0 Å². The first kappa shape index (κ1) is 17.2. The highest BCUT2D eigenvalue weighted by Crippen LogP contribution is 2.32. The SMILES string of the molecule is [CH2]c1c(CC(C)C)nc(C)c(CC(N)=O)c1-c1ccc(C)cc1. The van der Waals surface area contributed by atoms with Gasteiger partial charge in [-0.05, 0) is 55.4 Å². The predicted molar refractivity (Wildman–Crippen MR) is 95.0 cm³/mol. The quantitative estimate of drug-likeness (QED) is 0.914. The van der Waals surface area contributed by atoms with E-state index in [1.165, 1.54) is 5.56 Å². The van der Waals surface area contributed by atoms with Crippen LogP contribution in [0.25, 0.3) is 11.1 Å². The van der Waals surface area contributed by atoms with E-state index in [-0.39, 0.29) is 12.3 Å². The summed E-state index contributed by atoms with van der Waals surface area (Å²) in [5.41, 5.74) is 12.4. The number of benzene rings is 1. The van der Waals surface area contributed by atoms with Crippen molar-refractivity contribution in [2.75, 3.05) is 0 Å². The second-order valence-electron chi connectivity index (χ2n) is 6.58. The van der Waals surface area contributed by atoms with Gasteiger partial charge in [-0.1, -0.05) is 43.7 Å². The summed E-state index contributed by atoms with van der Waals surface area (Å²) in [5, 5.41) is 0. The van der Waals surface area contributed by atoms with E-state index in [1.54, 1.807) is 0 Å². The molecule has 1 aromatic heterocycles. The first-order valence-electron chi connectivity index (χ1n) is 7.99. The second kappa shape index (κ2) is 6.95. The molecule has 0 aliphatic carbocycles. The van der Waals surface area contributed by atoms with Gasteiger partial charge in [-0.2, -0.15) is 0 Å². The first-order chi connectivity index (χ1) is 10.8. The van der Waals surface area contributed by atoms with Crippen molar-refractivity contribution in [3.05, 3.63) is 59.3 Å². The van der Waals surface area contributed by atoms with Crippen LogP contribution in [0.3, 0.4) is 0 Å². The highest BCUT2D eigenvalue weighted by molar-refractivity contribution is 5.82. The fourth-order valence-electron chi connectivity index (χ4n) is 2.86. The summed E-state index contributed by atoms with van der Waals surface area (Å²) in [7, 11) is 0. The van der Waals surface area contributed by atoms with Crippen LogP contribution in [0.1, 0.15) is 41.9 Å². The van der Waals surface area contributed by atoms with Gasteiger partial charge in [0.1, 0.15) is 0 Å². The zero-order valence-electron chi connectivity index (χ0n) is 14.4. The molecule has 23 heavy (non-hydrogen) atoms. The summed E-state index contributed by atoms with van der Waals surface area (Å²) in [4.78, 5) is 16.2. The van der Waals surface area contributed by atoms with E-state index in [0.717, 1.165) is 40.1 Å². The molecule has 0 atom stereocenters. The van der Waals surface area contributed by atoms with E-state index in [2.05, 4.69) is 52.0 Å². The molecule has 1 heterocycles. The van der Waals surface area contributed by atoms with E-state index < -0.39 is 0 Å². The van der Waals surface area contributed by atoms with Crippen molar-refractivity contribution in [1.29, 1.82) is 0 Å². The second-order valence-corrected chi connectivity index (χ2v) is 6.58. The molecule has 0 aliphatic rings.